The molecule has 1 heterocycles. The van der Waals surface area contributed by atoms with Crippen LogP contribution in [0, 0.1) is 0 Å². The Bertz CT molecular complexity index is 619. The van der Waals surface area contributed by atoms with Gasteiger partial charge in [-0.15, -0.1) is 0 Å². The molecule has 2 N–H and O–H groups in total. The van der Waals surface area contributed by atoms with Gasteiger partial charge >= 0.3 is 5.97 Å². The average Bonchev–Trinajstić information content (AvgIpc) is 3.13. The molecule has 1 aliphatic rings. The summed E-state index contributed by atoms with van der Waals surface area (Å²) in [5.41, 5.74) is 1.08. The highest BCUT2D eigenvalue weighted by Crippen LogP contribution is 2.32. The molecule has 0 fully saturated rings. The lowest BCUT2D eigenvalue weighted by atomic mass is 10.1. The molecule has 0 spiro atoms. The van der Waals surface area contributed by atoms with Gasteiger partial charge in [-0.05, 0) is 44.4 Å². The number of benzene rings is 1. The van der Waals surface area contributed by atoms with E-state index < -0.39 is 0 Å². The van der Waals surface area contributed by atoms with Gasteiger partial charge < -0.3 is 24.8 Å². The van der Waals surface area contributed by atoms with Gasteiger partial charge in [-0.2, -0.15) is 0 Å². The molecule has 1 aromatic rings. The maximum Gasteiger partial charge on any atom is 0.305 e. The summed E-state index contributed by atoms with van der Waals surface area (Å²) in [7, 11) is 0. The van der Waals surface area contributed by atoms with Gasteiger partial charge in [0.1, 0.15) is 0 Å². The van der Waals surface area contributed by atoms with Gasteiger partial charge in [0.2, 0.25) is 6.79 Å². The van der Waals surface area contributed by atoms with Crippen molar-refractivity contribution in [3.05, 3.63) is 23.8 Å². The number of carbonyl (C=O) groups is 1. The summed E-state index contributed by atoms with van der Waals surface area (Å²) < 4.78 is 15.7. The SMILES string of the molecule is CCNC(=NCc1ccc2c(c1)OCO2)NCCCCCCC(=O)OCC. The highest BCUT2D eigenvalue weighted by molar-refractivity contribution is 5.79. The molecule has 2 rings (SSSR count). The molecular formula is C20H31N3O4. The van der Waals surface area contributed by atoms with Crippen molar-refractivity contribution in [2.75, 3.05) is 26.5 Å². The Kier molecular flexibility index (Phi) is 9.30. The molecule has 0 unspecified atom stereocenters. The van der Waals surface area contributed by atoms with E-state index in [1.165, 1.54) is 0 Å². The first-order chi connectivity index (χ1) is 13.2. The number of rotatable bonds is 11. The van der Waals surface area contributed by atoms with E-state index in [0.29, 0.717) is 19.6 Å². The first kappa shape index (κ1) is 20.9. The number of esters is 1. The number of carbonyl (C=O) groups excluding carboxylic acids is 1. The normalized spacial score (nSPS) is 12.7. The predicted octanol–water partition coefficient (Wildman–Crippen LogP) is 2.98. The maximum absolute atomic E-state index is 11.3. The van der Waals surface area contributed by atoms with Crippen LogP contribution in [0.2, 0.25) is 0 Å². The molecule has 7 nitrogen and oxygen atoms in total. The first-order valence-electron chi connectivity index (χ1n) is 9.79. The number of hydrogen-bond donors (Lipinski definition) is 2. The number of hydrogen-bond acceptors (Lipinski definition) is 5. The standard InChI is InChI=1S/C20H31N3O4/c1-3-21-20(22-12-8-6-5-7-9-19(24)25-4-2)23-14-16-10-11-17-18(13-16)27-15-26-17/h10-11,13H,3-9,12,14-15H2,1-2H3,(H2,21,22,23). The average molecular weight is 377 g/mol. The van der Waals surface area contributed by atoms with Crippen LogP contribution in [0.15, 0.2) is 23.2 Å². The van der Waals surface area contributed by atoms with Gasteiger partial charge in [-0.25, -0.2) is 4.99 Å². The fraction of sp³-hybridized carbons (Fsp3) is 0.600. The number of nitrogens with zero attached hydrogens (tertiary/aromatic N) is 1. The molecule has 7 heteroatoms. The fourth-order valence-corrected chi connectivity index (χ4v) is 2.74. The molecule has 0 radical (unpaired) electrons. The number of aliphatic imine (C=N–C) groups is 1. The van der Waals surface area contributed by atoms with E-state index in [0.717, 1.165) is 61.8 Å². The summed E-state index contributed by atoms with van der Waals surface area (Å²) in [6, 6.07) is 5.90. The Labute approximate surface area is 161 Å². The van der Waals surface area contributed by atoms with Gasteiger partial charge in [-0.3, -0.25) is 4.79 Å². The van der Waals surface area contributed by atoms with Gasteiger partial charge in [0.25, 0.3) is 0 Å². The Hall–Kier alpha value is -2.44. The van der Waals surface area contributed by atoms with Crippen LogP contribution in [0.3, 0.4) is 0 Å². The number of nitrogens with one attached hydrogen (secondary N) is 2. The summed E-state index contributed by atoms with van der Waals surface area (Å²) in [6.45, 7) is 6.87. The van der Waals surface area contributed by atoms with Gasteiger partial charge in [0, 0.05) is 19.5 Å². The van der Waals surface area contributed by atoms with E-state index >= 15 is 0 Å². The van der Waals surface area contributed by atoms with E-state index in [4.69, 9.17) is 14.2 Å². The summed E-state index contributed by atoms with van der Waals surface area (Å²) in [5, 5.41) is 6.61. The highest BCUT2D eigenvalue weighted by Gasteiger charge is 2.12. The molecular weight excluding hydrogens is 346 g/mol. The summed E-state index contributed by atoms with van der Waals surface area (Å²) in [4.78, 5) is 15.9. The minimum Gasteiger partial charge on any atom is -0.466 e. The van der Waals surface area contributed by atoms with Crippen LogP contribution in [-0.2, 0) is 16.1 Å². The van der Waals surface area contributed by atoms with Gasteiger partial charge in [0.15, 0.2) is 17.5 Å². The quantitative estimate of drug-likeness (QED) is 0.267. The van der Waals surface area contributed by atoms with Crippen molar-refractivity contribution in [1.82, 2.24) is 10.6 Å². The van der Waals surface area contributed by atoms with Gasteiger partial charge in [-0.1, -0.05) is 18.9 Å². The van der Waals surface area contributed by atoms with Crippen molar-refractivity contribution in [3.63, 3.8) is 0 Å². The lowest BCUT2D eigenvalue weighted by Crippen LogP contribution is -2.37. The van der Waals surface area contributed by atoms with Crippen molar-refractivity contribution >= 4 is 11.9 Å². The summed E-state index contributed by atoms with van der Waals surface area (Å²) >= 11 is 0. The van der Waals surface area contributed by atoms with E-state index in [2.05, 4.69) is 15.6 Å². The largest absolute Gasteiger partial charge is 0.466 e. The predicted molar refractivity (Wildman–Crippen MR) is 105 cm³/mol. The van der Waals surface area contributed by atoms with Crippen LogP contribution in [0.5, 0.6) is 11.5 Å². The molecule has 1 aliphatic heterocycles. The smallest absolute Gasteiger partial charge is 0.305 e. The maximum atomic E-state index is 11.3. The molecule has 27 heavy (non-hydrogen) atoms. The van der Waals surface area contributed by atoms with E-state index in [-0.39, 0.29) is 12.8 Å². The zero-order valence-electron chi connectivity index (χ0n) is 16.4. The molecule has 0 amide bonds. The molecule has 0 saturated heterocycles. The van der Waals surface area contributed by atoms with Crippen LogP contribution in [0.1, 0.15) is 51.5 Å². The fourth-order valence-electron chi connectivity index (χ4n) is 2.74. The minimum atomic E-state index is -0.0966. The Morgan fingerprint density at radius 1 is 1.11 bits per heavy atom. The summed E-state index contributed by atoms with van der Waals surface area (Å²) in [6.07, 6.45) is 4.55. The third-order valence-electron chi connectivity index (χ3n) is 4.11. The van der Waals surface area contributed by atoms with Gasteiger partial charge in [0.05, 0.1) is 13.2 Å². The van der Waals surface area contributed by atoms with Crippen LogP contribution >= 0.6 is 0 Å². The minimum absolute atomic E-state index is 0.0966. The van der Waals surface area contributed by atoms with E-state index in [1.807, 2.05) is 32.0 Å². The van der Waals surface area contributed by atoms with Crippen LogP contribution in [0.4, 0.5) is 0 Å². The third kappa shape index (κ3) is 7.76. The monoisotopic (exact) mass is 377 g/mol. The molecule has 0 aromatic heterocycles. The van der Waals surface area contributed by atoms with Crippen molar-refractivity contribution < 1.29 is 19.0 Å². The lowest BCUT2D eigenvalue weighted by Gasteiger charge is -2.11. The van der Waals surface area contributed by atoms with Crippen LogP contribution in [0.25, 0.3) is 0 Å². The highest BCUT2D eigenvalue weighted by atomic mass is 16.7. The molecule has 0 bridgehead atoms. The molecule has 0 atom stereocenters. The Morgan fingerprint density at radius 2 is 1.93 bits per heavy atom. The Balaban J connectivity index is 1.65. The Morgan fingerprint density at radius 3 is 2.74 bits per heavy atom. The van der Waals surface area contributed by atoms with E-state index in [1.54, 1.807) is 0 Å². The number of ether oxygens (including phenoxy) is 3. The van der Waals surface area contributed by atoms with Crippen molar-refractivity contribution in [2.24, 2.45) is 4.99 Å². The molecule has 0 aliphatic carbocycles. The van der Waals surface area contributed by atoms with Crippen molar-refractivity contribution in [3.8, 4) is 11.5 Å². The third-order valence-corrected chi connectivity index (χ3v) is 4.11. The molecule has 150 valence electrons. The zero-order chi connectivity index (χ0) is 19.3. The second-order valence-corrected chi connectivity index (χ2v) is 6.28. The first-order valence-corrected chi connectivity index (χ1v) is 9.79. The second-order valence-electron chi connectivity index (χ2n) is 6.28. The number of fused-ring (bicyclic) bond motifs is 1. The van der Waals surface area contributed by atoms with Crippen molar-refractivity contribution in [2.45, 2.75) is 52.5 Å². The summed E-state index contributed by atoms with van der Waals surface area (Å²) in [5.74, 6) is 2.28. The number of unbranched alkanes of at least 4 members (excludes halogenated alkanes) is 3. The zero-order valence-corrected chi connectivity index (χ0v) is 16.4. The molecule has 0 saturated carbocycles. The molecule has 1 aromatic carbocycles. The topological polar surface area (TPSA) is 81.2 Å². The van der Waals surface area contributed by atoms with Crippen LogP contribution in [-0.4, -0.2) is 38.4 Å². The number of guanidine groups is 1. The second kappa shape index (κ2) is 12.0. The van der Waals surface area contributed by atoms with Crippen LogP contribution < -0.4 is 20.1 Å². The van der Waals surface area contributed by atoms with E-state index in [9.17, 15) is 4.79 Å². The van der Waals surface area contributed by atoms with Crippen molar-refractivity contribution in [1.29, 1.82) is 0 Å². The lowest BCUT2D eigenvalue weighted by molar-refractivity contribution is -0.143.